The standard InChI is InChI=1S/C15H21F2NO/c1-18-14(15(19-2)7-3-4-8-15)10-11-5-6-12(16)13(17)9-11/h5-6,9,14,18H,3-4,7-8,10H2,1-2H3. The molecule has 1 N–H and O–H groups in total. The van der Waals surface area contributed by atoms with Crippen molar-refractivity contribution in [3.63, 3.8) is 0 Å². The Morgan fingerprint density at radius 2 is 1.95 bits per heavy atom. The van der Waals surface area contributed by atoms with Crippen molar-refractivity contribution in [2.75, 3.05) is 14.2 Å². The molecule has 1 aliphatic rings. The number of likely N-dealkylation sites (N-methyl/N-ethyl adjacent to an activating group) is 1. The first-order valence-electron chi connectivity index (χ1n) is 6.77. The van der Waals surface area contributed by atoms with Crippen molar-refractivity contribution in [1.29, 1.82) is 0 Å². The van der Waals surface area contributed by atoms with Gasteiger partial charge in [0, 0.05) is 13.2 Å². The summed E-state index contributed by atoms with van der Waals surface area (Å²) >= 11 is 0. The van der Waals surface area contributed by atoms with Crippen molar-refractivity contribution in [1.82, 2.24) is 5.32 Å². The molecule has 0 spiro atoms. The van der Waals surface area contributed by atoms with E-state index in [9.17, 15) is 8.78 Å². The van der Waals surface area contributed by atoms with Crippen LogP contribution in [-0.2, 0) is 11.2 Å². The van der Waals surface area contributed by atoms with Crippen LogP contribution >= 0.6 is 0 Å². The first-order chi connectivity index (χ1) is 9.11. The Morgan fingerprint density at radius 1 is 1.26 bits per heavy atom. The molecule has 19 heavy (non-hydrogen) atoms. The van der Waals surface area contributed by atoms with Gasteiger partial charge in [0.15, 0.2) is 11.6 Å². The molecule has 1 aromatic carbocycles. The Kier molecular flexibility index (Phi) is 4.53. The molecule has 1 atom stereocenters. The number of hydrogen-bond acceptors (Lipinski definition) is 2. The fourth-order valence-electron chi connectivity index (χ4n) is 3.12. The summed E-state index contributed by atoms with van der Waals surface area (Å²) in [6.45, 7) is 0. The summed E-state index contributed by atoms with van der Waals surface area (Å²) in [7, 11) is 3.63. The van der Waals surface area contributed by atoms with Crippen LogP contribution in [0.25, 0.3) is 0 Å². The molecule has 1 fully saturated rings. The lowest BCUT2D eigenvalue weighted by atomic mass is 9.87. The molecule has 0 saturated heterocycles. The molecule has 2 nitrogen and oxygen atoms in total. The minimum Gasteiger partial charge on any atom is -0.377 e. The highest BCUT2D eigenvalue weighted by Gasteiger charge is 2.40. The maximum atomic E-state index is 13.3. The smallest absolute Gasteiger partial charge is 0.159 e. The van der Waals surface area contributed by atoms with Crippen molar-refractivity contribution in [3.8, 4) is 0 Å². The van der Waals surface area contributed by atoms with Crippen LogP contribution in [0.1, 0.15) is 31.2 Å². The maximum absolute atomic E-state index is 13.3. The predicted octanol–water partition coefficient (Wildman–Crippen LogP) is 3.05. The number of benzene rings is 1. The number of halogens is 2. The number of rotatable bonds is 5. The van der Waals surface area contributed by atoms with E-state index in [1.54, 1.807) is 13.2 Å². The van der Waals surface area contributed by atoms with E-state index >= 15 is 0 Å². The summed E-state index contributed by atoms with van der Waals surface area (Å²) in [5, 5.41) is 3.28. The van der Waals surface area contributed by atoms with Gasteiger partial charge >= 0.3 is 0 Å². The molecule has 0 amide bonds. The molecule has 0 radical (unpaired) electrons. The van der Waals surface area contributed by atoms with Gasteiger partial charge in [-0.05, 0) is 44.0 Å². The van der Waals surface area contributed by atoms with E-state index in [1.807, 2.05) is 7.05 Å². The number of methoxy groups -OCH3 is 1. The monoisotopic (exact) mass is 269 g/mol. The van der Waals surface area contributed by atoms with E-state index in [0.717, 1.165) is 31.2 Å². The summed E-state index contributed by atoms with van der Waals surface area (Å²) in [5.41, 5.74) is 0.612. The Morgan fingerprint density at radius 3 is 2.47 bits per heavy atom. The van der Waals surface area contributed by atoms with Crippen LogP contribution in [0, 0.1) is 11.6 Å². The zero-order chi connectivity index (χ0) is 13.9. The van der Waals surface area contributed by atoms with Gasteiger partial charge in [0.05, 0.1) is 5.60 Å². The quantitative estimate of drug-likeness (QED) is 0.887. The number of ether oxygens (including phenoxy) is 1. The molecule has 4 heteroatoms. The van der Waals surface area contributed by atoms with Gasteiger partial charge in [0.2, 0.25) is 0 Å². The second kappa shape index (κ2) is 5.97. The zero-order valence-corrected chi connectivity index (χ0v) is 11.5. The van der Waals surface area contributed by atoms with Crippen molar-refractivity contribution < 1.29 is 13.5 Å². The minimum absolute atomic E-state index is 0.116. The molecule has 0 bridgehead atoms. The lowest BCUT2D eigenvalue weighted by molar-refractivity contribution is -0.0336. The molecule has 0 aromatic heterocycles. The Labute approximate surface area is 113 Å². The van der Waals surface area contributed by atoms with Crippen LogP contribution in [0.5, 0.6) is 0 Å². The Hall–Kier alpha value is -1.00. The van der Waals surface area contributed by atoms with Crippen molar-refractivity contribution in [3.05, 3.63) is 35.4 Å². The summed E-state index contributed by atoms with van der Waals surface area (Å²) < 4.78 is 32.0. The van der Waals surface area contributed by atoms with Crippen LogP contribution in [0.3, 0.4) is 0 Å². The lowest BCUT2D eigenvalue weighted by Crippen LogP contribution is -2.50. The van der Waals surface area contributed by atoms with Gasteiger partial charge < -0.3 is 10.1 Å². The van der Waals surface area contributed by atoms with E-state index in [4.69, 9.17) is 4.74 Å². The molecule has 106 valence electrons. The van der Waals surface area contributed by atoms with E-state index in [1.165, 1.54) is 12.1 Å². The Balaban J connectivity index is 2.16. The average molecular weight is 269 g/mol. The van der Waals surface area contributed by atoms with Gasteiger partial charge in [-0.3, -0.25) is 0 Å². The SMILES string of the molecule is CNC(Cc1ccc(F)c(F)c1)C1(OC)CCCC1. The fraction of sp³-hybridized carbons (Fsp3) is 0.600. The lowest BCUT2D eigenvalue weighted by Gasteiger charge is -2.36. The highest BCUT2D eigenvalue weighted by molar-refractivity contribution is 5.20. The zero-order valence-electron chi connectivity index (χ0n) is 11.5. The molecule has 2 rings (SSSR count). The molecule has 1 saturated carbocycles. The van der Waals surface area contributed by atoms with Crippen molar-refractivity contribution in [2.45, 2.75) is 43.7 Å². The van der Waals surface area contributed by atoms with Crippen LogP contribution in [-0.4, -0.2) is 25.8 Å². The third-order valence-corrected chi connectivity index (χ3v) is 4.26. The number of nitrogens with one attached hydrogen (secondary N) is 1. The third kappa shape index (κ3) is 2.95. The Bertz CT molecular complexity index is 430. The van der Waals surface area contributed by atoms with Gasteiger partial charge in [0.1, 0.15) is 0 Å². The summed E-state index contributed by atoms with van der Waals surface area (Å²) in [5.74, 6) is -1.59. The highest BCUT2D eigenvalue weighted by Crippen LogP contribution is 2.36. The average Bonchev–Trinajstić information content (AvgIpc) is 2.90. The first kappa shape index (κ1) is 14.4. The predicted molar refractivity (Wildman–Crippen MR) is 71.1 cm³/mol. The topological polar surface area (TPSA) is 21.3 Å². The number of hydrogen-bond donors (Lipinski definition) is 1. The first-order valence-corrected chi connectivity index (χ1v) is 6.77. The molecule has 0 aliphatic heterocycles. The van der Waals surface area contributed by atoms with E-state index in [-0.39, 0.29) is 11.6 Å². The van der Waals surface area contributed by atoms with Gasteiger partial charge in [-0.15, -0.1) is 0 Å². The van der Waals surface area contributed by atoms with Crippen molar-refractivity contribution in [2.24, 2.45) is 0 Å². The van der Waals surface area contributed by atoms with E-state index in [2.05, 4.69) is 5.32 Å². The van der Waals surface area contributed by atoms with Crippen LogP contribution in [0.2, 0.25) is 0 Å². The van der Waals surface area contributed by atoms with Crippen molar-refractivity contribution >= 4 is 0 Å². The summed E-state index contributed by atoms with van der Waals surface area (Å²) in [4.78, 5) is 0. The highest BCUT2D eigenvalue weighted by atomic mass is 19.2. The molecule has 1 aliphatic carbocycles. The van der Waals surface area contributed by atoms with Gasteiger partial charge in [0.25, 0.3) is 0 Å². The molecule has 0 heterocycles. The molecular formula is C15H21F2NO. The summed E-state index contributed by atoms with van der Waals surface area (Å²) in [6.07, 6.45) is 4.98. The normalized spacial score (nSPS) is 19.6. The van der Waals surface area contributed by atoms with Gasteiger partial charge in [-0.1, -0.05) is 18.9 Å². The minimum atomic E-state index is -0.799. The van der Waals surface area contributed by atoms with E-state index < -0.39 is 11.6 Å². The molecule has 1 aromatic rings. The second-order valence-corrected chi connectivity index (χ2v) is 5.27. The van der Waals surface area contributed by atoms with Gasteiger partial charge in [-0.2, -0.15) is 0 Å². The fourth-order valence-corrected chi connectivity index (χ4v) is 3.12. The molecule has 1 unspecified atom stereocenters. The van der Waals surface area contributed by atoms with Crippen LogP contribution in [0.4, 0.5) is 8.78 Å². The second-order valence-electron chi connectivity index (χ2n) is 5.27. The molecular weight excluding hydrogens is 248 g/mol. The largest absolute Gasteiger partial charge is 0.377 e. The van der Waals surface area contributed by atoms with E-state index in [0.29, 0.717) is 6.42 Å². The van der Waals surface area contributed by atoms with Crippen LogP contribution < -0.4 is 5.32 Å². The van der Waals surface area contributed by atoms with Gasteiger partial charge in [-0.25, -0.2) is 8.78 Å². The maximum Gasteiger partial charge on any atom is 0.159 e. The van der Waals surface area contributed by atoms with Crippen LogP contribution in [0.15, 0.2) is 18.2 Å². The third-order valence-electron chi connectivity index (χ3n) is 4.26. The summed E-state index contributed by atoms with van der Waals surface area (Å²) in [6, 6.07) is 4.22.